The van der Waals surface area contributed by atoms with Gasteiger partial charge in [0.1, 0.15) is 5.82 Å². The van der Waals surface area contributed by atoms with E-state index in [1.807, 2.05) is 30.3 Å². The summed E-state index contributed by atoms with van der Waals surface area (Å²) < 4.78 is 0. The van der Waals surface area contributed by atoms with Crippen LogP contribution in [0.25, 0.3) is 11.0 Å². The number of nitrogens with one attached hydrogen (secondary N) is 2. The van der Waals surface area contributed by atoms with Crippen molar-refractivity contribution >= 4 is 40.1 Å². The Labute approximate surface area is 167 Å². The van der Waals surface area contributed by atoms with Gasteiger partial charge in [-0.2, -0.15) is 0 Å². The molecule has 1 fully saturated rings. The first kappa shape index (κ1) is 18.5. The van der Waals surface area contributed by atoms with Crippen LogP contribution in [0.3, 0.4) is 0 Å². The Bertz CT molecular complexity index is 983. The average molecular weight is 397 g/mol. The van der Waals surface area contributed by atoms with Crippen molar-refractivity contribution in [1.29, 1.82) is 0 Å². The second-order valence-electron chi connectivity index (χ2n) is 6.98. The second kappa shape index (κ2) is 8.02. The Morgan fingerprint density at radius 2 is 2.11 bits per heavy atom. The summed E-state index contributed by atoms with van der Waals surface area (Å²) in [4.78, 5) is 34.2. The zero-order chi connectivity index (χ0) is 19.5. The standard InChI is InChI=1S/C21H21ClN4O2/c22-15-5-3-6-16(12-15)26-13-14(11-20(26)27)21(28)23-10-4-9-19-24-17-7-1-2-8-18(17)25-19/h1-3,5-8,12,14H,4,9-11,13H2,(H,23,28)(H,24,25). The summed E-state index contributed by atoms with van der Waals surface area (Å²) in [5.74, 6) is 0.448. The van der Waals surface area contributed by atoms with Crippen LogP contribution in [0.5, 0.6) is 0 Å². The van der Waals surface area contributed by atoms with Gasteiger partial charge in [-0.25, -0.2) is 4.98 Å². The summed E-state index contributed by atoms with van der Waals surface area (Å²) in [5.41, 5.74) is 2.71. The molecule has 2 heterocycles. The van der Waals surface area contributed by atoms with Crippen LogP contribution < -0.4 is 10.2 Å². The van der Waals surface area contributed by atoms with Gasteiger partial charge in [-0.3, -0.25) is 9.59 Å². The van der Waals surface area contributed by atoms with Crippen LogP contribution in [0.1, 0.15) is 18.7 Å². The molecule has 1 unspecified atom stereocenters. The molecule has 7 heteroatoms. The Balaban J connectivity index is 1.26. The van der Waals surface area contributed by atoms with Crippen LogP contribution in [-0.2, 0) is 16.0 Å². The number of anilines is 1. The molecule has 1 aromatic heterocycles. The largest absolute Gasteiger partial charge is 0.356 e. The molecule has 2 N–H and O–H groups in total. The Morgan fingerprint density at radius 1 is 1.25 bits per heavy atom. The molecule has 6 nitrogen and oxygen atoms in total. The third-order valence-corrected chi connectivity index (χ3v) is 5.18. The van der Waals surface area contributed by atoms with Crippen molar-refractivity contribution in [2.45, 2.75) is 19.3 Å². The number of imidazole rings is 1. The Kier molecular flexibility index (Phi) is 5.30. The number of rotatable bonds is 6. The van der Waals surface area contributed by atoms with Crippen molar-refractivity contribution in [2.24, 2.45) is 5.92 Å². The number of benzene rings is 2. The molecule has 2 aromatic carbocycles. The molecule has 1 saturated heterocycles. The van der Waals surface area contributed by atoms with Crippen LogP contribution >= 0.6 is 11.6 Å². The Morgan fingerprint density at radius 3 is 2.93 bits per heavy atom. The number of aryl methyl sites for hydroxylation is 1. The van der Waals surface area contributed by atoms with Crippen molar-refractivity contribution in [3.8, 4) is 0 Å². The fraction of sp³-hybridized carbons (Fsp3) is 0.286. The minimum atomic E-state index is -0.335. The van der Waals surface area contributed by atoms with Gasteiger partial charge in [0.2, 0.25) is 11.8 Å². The van der Waals surface area contributed by atoms with Crippen molar-refractivity contribution in [2.75, 3.05) is 18.0 Å². The molecule has 144 valence electrons. The Hall–Kier alpha value is -2.86. The van der Waals surface area contributed by atoms with Gasteiger partial charge < -0.3 is 15.2 Å². The molecule has 1 atom stereocenters. The van der Waals surface area contributed by atoms with Crippen LogP contribution in [-0.4, -0.2) is 34.9 Å². The zero-order valence-electron chi connectivity index (χ0n) is 15.3. The molecule has 1 aliphatic heterocycles. The fourth-order valence-corrected chi connectivity index (χ4v) is 3.70. The van der Waals surface area contributed by atoms with Gasteiger partial charge in [-0.05, 0) is 36.8 Å². The highest BCUT2D eigenvalue weighted by Crippen LogP contribution is 2.27. The molecule has 3 aromatic rings. The molecule has 0 bridgehead atoms. The number of carbonyl (C=O) groups excluding carboxylic acids is 2. The third kappa shape index (κ3) is 4.02. The quantitative estimate of drug-likeness (QED) is 0.627. The van der Waals surface area contributed by atoms with Crippen LogP contribution in [0.2, 0.25) is 5.02 Å². The van der Waals surface area contributed by atoms with E-state index >= 15 is 0 Å². The van der Waals surface area contributed by atoms with Gasteiger partial charge in [-0.15, -0.1) is 0 Å². The predicted octanol–water partition coefficient (Wildman–Crippen LogP) is 3.32. The number of fused-ring (bicyclic) bond motifs is 1. The molecule has 4 rings (SSSR count). The molecule has 0 spiro atoms. The van der Waals surface area contributed by atoms with E-state index < -0.39 is 0 Å². The summed E-state index contributed by atoms with van der Waals surface area (Å²) in [6.07, 6.45) is 1.76. The highest BCUT2D eigenvalue weighted by Gasteiger charge is 2.34. The lowest BCUT2D eigenvalue weighted by Gasteiger charge is -2.17. The number of carbonyl (C=O) groups is 2. The first-order valence-electron chi connectivity index (χ1n) is 9.37. The normalized spacial score (nSPS) is 16.7. The lowest BCUT2D eigenvalue weighted by atomic mass is 10.1. The molecule has 0 saturated carbocycles. The summed E-state index contributed by atoms with van der Waals surface area (Å²) in [6.45, 7) is 0.937. The summed E-state index contributed by atoms with van der Waals surface area (Å²) in [6, 6.07) is 15.0. The van der Waals surface area contributed by atoms with Crippen LogP contribution in [0, 0.1) is 5.92 Å². The number of aromatic nitrogens is 2. The van der Waals surface area contributed by atoms with E-state index in [-0.39, 0.29) is 24.2 Å². The van der Waals surface area contributed by atoms with Gasteiger partial charge in [0.25, 0.3) is 0 Å². The number of hydrogen-bond donors (Lipinski definition) is 2. The van der Waals surface area contributed by atoms with Crippen molar-refractivity contribution in [3.63, 3.8) is 0 Å². The molecular weight excluding hydrogens is 376 g/mol. The van der Waals surface area contributed by atoms with Crippen LogP contribution in [0.4, 0.5) is 5.69 Å². The summed E-state index contributed by atoms with van der Waals surface area (Å²) in [5, 5.41) is 3.52. The lowest BCUT2D eigenvalue weighted by Crippen LogP contribution is -2.33. The van der Waals surface area contributed by atoms with Crippen molar-refractivity contribution in [3.05, 3.63) is 59.4 Å². The molecular formula is C21H21ClN4O2. The summed E-state index contributed by atoms with van der Waals surface area (Å²) >= 11 is 6.01. The van der Waals surface area contributed by atoms with E-state index in [1.165, 1.54) is 0 Å². The maximum Gasteiger partial charge on any atom is 0.227 e. The monoisotopic (exact) mass is 396 g/mol. The van der Waals surface area contributed by atoms with Gasteiger partial charge in [-0.1, -0.05) is 29.8 Å². The zero-order valence-corrected chi connectivity index (χ0v) is 16.1. The van der Waals surface area contributed by atoms with Gasteiger partial charge in [0.15, 0.2) is 0 Å². The second-order valence-corrected chi connectivity index (χ2v) is 7.42. The smallest absolute Gasteiger partial charge is 0.227 e. The minimum absolute atomic E-state index is 0.0512. The first-order chi connectivity index (χ1) is 13.6. The molecule has 0 aliphatic carbocycles. The number of aromatic amines is 1. The van der Waals surface area contributed by atoms with Crippen molar-refractivity contribution in [1.82, 2.24) is 15.3 Å². The van der Waals surface area contributed by atoms with E-state index in [2.05, 4.69) is 15.3 Å². The summed E-state index contributed by atoms with van der Waals surface area (Å²) in [7, 11) is 0. The number of amides is 2. The highest BCUT2D eigenvalue weighted by molar-refractivity contribution is 6.31. The molecule has 2 amide bonds. The number of hydrogen-bond acceptors (Lipinski definition) is 3. The van der Waals surface area contributed by atoms with E-state index in [0.717, 1.165) is 35.4 Å². The van der Waals surface area contributed by atoms with E-state index in [9.17, 15) is 9.59 Å². The molecule has 0 radical (unpaired) electrons. The van der Waals surface area contributed by atoms with Crippen molar-refractivity contribution < 1.29 is 9.59 Å². The highest BCUT2D eigenvalue weighted by atomic mass is 35.5. The first-order valence-corrected chi connectivity index (χ1v) is 9.75. The SMILES string of the molecule is O=C(NCCCc1nc2ccccc2[nH]1)C1CC(=O)N(c2cccc(Cl)c2)C1. The molecule has 1 aliphatic rings. The van der Waals surface area contributed by atoms with Gasteiger partial charge in [0.05, 0.1) is 17.0 Å². The maximum absolute atomic E-state index is 12.4. The van der Waals surface area contributed by atoms with Crippen LogP contribution in [0.15, 0.2) is 48.5 Å². The third-order valence-electron chi connectivity index (χ3n) is 4.94. The lowest BCUT2D eigenvalue weighted by molar-refractivity contribution is -0.126. The van der Waals surface area contributed by atoms with Gasteiger partial charge >= 0.3 is 0 Å². The average Bonchev–Trinajstić information content (AvgIpc) is 3.28. The van der Waals surface area contributed by atoms with E-state index in [0.29, 0.717) is 18.1 Å². The minimum Gasteiger partial charge on any atom is -0.356 e. The predicted molar refractivity (Wildman–Crippen MR) is 109 cm³/mol. The van der Waals surface area contributed by atoms with E-state index in [1.54, 1.807) is 23.1 Å². The topological polar surface area (TPSA) is 78.1 Å². The van der Waals surface area contributed by atoms with Gasteiger partial charge in [0, 0.05) is 36.6 Å². The number of nitrogens with zero attached hydrogens (tertiary/aromatic N) is 2. The van der Waals surface area contributed by atoms with E-state index in [4.69, 9.17) is 11.6 Å². The molecule has 28 heavy (non-hydrogen) atoms. The number of H-pyrrole nitrogens is 1. The fourth-order valence-electron chi connectivity index (χ4n) is 3.51. The number of halogens is 1. The number of para-hydroxylation sites is 2. The maximum atomic E-state index is 12.4.